The Morgan fingerprint density at radius 3 is 2.52 bits per heavy atom. The molecule has 0 aliphatic heterocycles. The van der Waals surface area contributed by atoms with E-state index in [4.69, 9.17) is 4.74 Å². The number of ether oxygens (including phenoxy) is 1. The van der Waals surface area contributed by atoms with Gasteiger partial charge in [-0.1, -0.05) is 25.5 Å². The molecule has 1 heterocycles. The Labute approximate surface area is 131 Å². The second-order valence-electron chi connectivity index (χ2n) is 4.46. The van der Waals surface area contributed by atoms with Gasteiger partial charge in [0.15, 0.2) is 6.61 Å². The van der Waals surface area contributed by atoms with Crippen LogP contribution in [0.2, 0.25) is 0 Å². The average molecular weight is 350 g/mol. The molecule has 2 rings (SSSR count). The van der Waals surface area contributed by atoms with E-state index in [1.807, 2.05) is 24.3 Å². The summed E-state index contributed by atoms with van der Waals surface area (Å²) in [6.45, 7) is 2.06. The van der Waals surface area contributed by atoms with Crippen molar-refractivity contribution < 1.29 is 9.53 Å². The normalized spacial score (nSPS) is 10.2. The van der Waals surface area contributed by atoms with Crippen LogP contribution in [0.5, 0.6) is 5.75 Å². The van der Waals surface area contributed by atoms with Crippen LogP contribution in [0.3, 0.4) is 0 Å². The largest absolute Gasteiger partial charge is 0.484 e. The van der Waals surface area contributed by atoms with E-state index in [0.29, 0.717) is 5.75 Å². The van der Waals surface area contributed by atoms with Gasteiger partial charge in [-0.25, -0.2) is 9.97 Å². The number of carbonyl (C=O) groups is 1. The van der Waals surface area contributed by atoms with Crippen LogP contribution in [-0.4, -0.2) is 22.5 Å². The number of hydrogen-bond acceptors (Lipinski definition) is 4. The highest BCUT2D eigenvalue weighted by Crippen LogP contribution is 2.13. The second kappa shape index (κ2) is 7.73. The van der Waals surface area contributed by atoms with Gasteiger partial charge in [-0.3, -0.25) is 10.1 Å². The van der Waals surface area contributed by atoms with Gasteiger partial charge < -0.3 is 4.74 Å². The predicted molar refractivity (Wildman–Crippen MR) is 84.3 cm³/mol. The summed E-state index contributed by atoms with van der Waals surface area (Å²) in [6.07, 6.45) is 5.28. The maximum atomic E-state index is 11.7. The van der Waals surface area contributed by atoms with Crippen molar-refractivity contribution in [3.05, 3.63) is 46.7 Å². The third-order valence-electron chi connectivity index (χ3n) is 2.70. The first-order valence-electron chi connectivity index (χ1n) is 6.66. The van der Waals surface area contributed by atoms with Gasteiger partial charge in [-0.15, -0.1) is 0 Å². The van der Waals surface area contributed by atoms with Gasteiger partial charge in [0, 0.05) is 12.4 Å². The van der Waals surface area contributed by atoms with E-state index in [1.54, 1.807) is 12.4 Å². The van der Waals surface area contributed by atoms with Crippen LogP contribution < -0.4 is 10.1 Å². The average Bonchev–Trinajstić information content (AvgIpc) is 2.49. The highest BCUT2D eigenvalue weighted by molar-refractivity contribution is 9.10. The van der Waals surface area contributed by atoms with E-state index in [9.17, 15) is 4.79 Å². The lowest BCUT2D eigenvalue weighted by Crippen LogP contribution is -2.21. The van der Waals surface area contributed by atoms with E-state index in [2.05, 4.69) is 38.1 Å². The molecule has 0 bridgehead atoms. The molecule has 1 aromatic heterocycles. The fourth-order valence-corrected chi connectivity index (χ4v) is 1.93. The summed E-state index contributed by atoms with van der Waals surface area (Å²) < 4.78 is 6.17. The third-order valence-corrected chi connectivity index (χ3v) is 3.11. The Bertz CT molecular complexity index is 585. The van der Waals surface area contributed by atoms with Crippen molar-refractivity contribution in [1.82, 2.24) is 9.97 Å². The number of hydrogen-bond donors (Lipinski definition) is 1. The lowest BCUT2D eigenvalue weighted by atomic mass is 10.1. The molecule has 0 unspecified atom stereocenters. The van der Waals surface area contributed by atoms with Crippen molar-refractivity contribution in [2.75, 3.05) is 11.9 Å². The molecule has 2 aromatic rings. The SMILES string of the molecule is CCCc1ccc(OCC(=O)Nc2ncc(Br)cn2)cc1. The molecular formula is C15H16BrN3O2. The number of amides is 1. The smallest absolute Gasteiger partial charge is 0.264 e. The summed E-state index contributed by atoms with van der Waals surface area (Å²) in [4.78, 5) is 19.6. The number of anilines is 1. The summed E-state index contributed by atoms with van der Waals surface area (Å²) >= 11 is 3.23. The molecule has 0 spiro atoms. The minimum absolute atomic E-state index is 0.0768. The van der Waals surface area contributed by atoms with Crippen molar-refractivity contribution in [2.24, 2.45) is 0 Å². The van der Waals surface area contributed by atoms with Crippen LogP contribution in [0.25, 0.3) is 0 Å². The maximum Gasteiger partial charge on any atom is 0.264 e. The fraction of sp³-hybridized carbons (Fsp3) is 0.267. The highest BCUT2D eigenvalue weighted by atomic mass is 79.9. The molecule has 0 fully saturated rings. The first-order valence-corrected chi connectivity index (χ1v) is 7.46. The molecule has 0 atom stereocenters. The molecule has 0 aliphatic rings. The predicted octanol–water partition coefficient (Wildman–Crippen LogP) is 3.21. The Morgan fingerprint density at radius 2 is 1.90 bits per heavy atom. The second-order valence-corrected chi connectivity index (χ2v) is 5.37. The topological polar surface area (TPSA) is 64.1 Å². The zero-order valence-corrected chi connectivity index (χ0v) is 13.3. The minimum Gasteiger partial charge on any atom is -0.484 e. The third kappa shape index (κ3) is 5.15. The van der Waals surface area contributed by atoms with E-state index in [-0.39, 0.29) is 18.5 Å². The molecular weight excluding hydrogens is 334 g/mol. The molecule has 0 radical (unpaired) electrons. The molecule has 0 saturated carbocycles. The zero-order chi connectivity index (χ0) is 15.1. The molecule has 0 aliphatic carbocycles. The number of aromatic nitrogens is 2. The quantitative estimate of drug-likeness (QED) is 0.869. The van der Waals surface area contributed by atoms with Crippen LogP contribution >= 0.6 is 15.9 Å². The number of nitrogens with zero attached hydrogens (tertiary/aromatic N) is 2. The highest BCUT2D eigenvalue weighted by Gasteiger charge is 2.05. The first kappa shape index (κ1) is 15.4. The lowest BCUT2D eigenvalue weighted by molar-refractivity contribution is -0.118. The van der Waals surface area contributed by atoms with Gasteiger partial charge in [-0.2, -0.15) is 0 Å². The number of aryl methyl sites for hydroxylation is 1. The summed E-state index contributed by atoms with van der Waals surface area (Å²) in [6, 6.07) is 7.76. The van der Waals surface area contributed by atoms with Gasteiger partial charge in [0.1, 0.15) is 5.75 Å². The standard InChI is InChI=1S/C15H16BrN3O2/c1-2-3-11-4-6-13(7-5-11)21-10-14(20)19-15-17-8-12(16)9-18-15/h4-9H,2-3,10H2,1H3,(H,17,18,19,20). The van der Waals surface area contributed by atoms with Crippen molar-refractivity contribution >= 4 is 27.8 Å². The molecule has 110 valence electrons. The van der Waals surface area contributed by atoms with E-state index >= 15 is 0 Å². The van der Waals surface area contributed by atoms with Gasteiger partial charge in [0.25, 0.3) is 5.91 Å². The Kier molecular flexibility index (Phi) is 5.68. The molecule has 1 amide bonds. The lowest BCUT2D eigenvalue weighted by Gasteiger charge is -2.07. The van der Waals surface area contributed by atoms with Crippen LogP contribution in [0, 0.1) is 0 Å². The van der Waals surface area contributed by atoms with Crippen LogP contribution in [0.4, 0.5) is 5.95 Å². The fourth-order valence-electron chi connectivity index (χ4n) is 1.73. The first-order chi connectivity index (χ1) is 10.2. The summed E-state index contributed by atoms with van der Waals surface area (Å²) in [5.41, 5.74) is 1.26. The van der Waals surface area contributed by atoms with Crippen molar-refractivity contribution in [1.29, 1.82) is 0 Å². The van der Waals surface area contributed by atoms with Gasteiger partial charge in [-0.05, 0) is 40.0 Å². The Hall–Kier alpha value is -1.95. The van der Waals surface area contributed by atoms with E-state index < -0.39 is 0 Å². The zero-order valence-electron chi connectivity index (χ0n) is 11.7. The number of nitrogens with one attached hydrogen (secondary N) is 1. The summed E-state index contributed by atoms with van der Waals surface area (Å²) in [7, 11) is 0. The van der Waals surface area contributed by atoms with Gasteiger partial charge in [0.05, 0.1) is 4.47 Å². The molecule has 0 saturated heterocycles. The molecule has 1 N–H and O–H groups in total. The number of carbonyl (C=O) groups excluding carboxylic acids is 1. The van der Waals surface area contributed by atoms with E-state index in [1.165, 1.54) is 5.56 Å². The Balaban J connectivity index is 1.81. The number of halogens is 1. The van der Waals surface area contributed by atoms with Crippen LogP contribution in [-0.2, 0) is 11.2 Å². The van der Waals surface area contributed by atoms with Gasteiger partial charge in [0.2, 0.25) is 5.95 Å². The molecule has 1 aromatic carbocycles. The minimum atomic E-state index is -0.296. The molecule has 6 heteroatoms. The van der Waals surface area contributed by atoms with Crippen molar-refractivity contribution in [2.45, 2.75) is 19.8 Å². The molecule has 21 heavy (non-hydrogen) atoms. The monoisotopic (exact) mass is 349 g/mol. The summed E-state index contributed by atoms with van der Waals surface area (Å²) in [5.74, 6) is 0.627. The van der Waals surface area contributed by atoms with Gasteiger partial charge >= 0.3 is 0 Å². The van der Waals surface area contributed by atoms with E-state index in [0.717, 1.165) is 17.3 Å². The summed E-state index contributed by atoms with van der Waals surface area (Å²) in [5, 5.41) is 2.56. The maximum absolute atomic E-state index is 11.7. The number of benzene rings is 1. The Morgan fingerprint density at radius 1 is 1.24 bits per heavy atom. The van der Waals surface area contributed by atoms with Crippen molar-refractivity contribution in [3.8, 4) is 5.75 Å². The van der Waals surface area contributed by atoms with Crippen molar-refractivity contribution in [3.63, 3.8) is 0 Å². The van der Waals surface area contributed by atoms with Crippen LogP contribution in [0.15, 0.2) is 41.1 Å². The number of rotatable bonds is 6. The molecule has 5 nitrogen and oxygen atoms in total. The van der Waals surface area contributed by atoms with Crippen LogP contribution in [0.1, 0.15) is 18.9 Å².